The van der Waals surface area contributed by atoms with Gasteiger partial charge < -0.3 is 15.1 Å². The first-order valence-corrected chi connectivity index (χ1v) is 4.38. The number of benzene rings is 1. The highest BCUT2D eigenvalue weighted by molar-refractivity contribution is 5.74. The van der Waals surface area contributed by atoms with Gasteiger partial charge in [-0.15, -0.1) is 0 Å². The Hall–Kier alpha value is -2.08. The molecule has 0 saturated heterocycles. The molecule has 0 aromatic heterocycles. The van der Waals surface area contributed by atoms with Crippen LogP contribution >= 0.6 is 0 Å². The quantitative estimate of drug-likeness (QED) is 0.566. The molecule has 2 N–H and O–H groups in total. The van der Waals surface area contributed by atoms with Gasteiger partial charge in [0.05, 0.1) is 12.8 Å². The van der Waals surface area contributed by atoms with Crippen LogP contribution in [0.4, 0.5) is 0 Å². The summed E-state index contributed by atoms with van der Waals surface area (Å²) in [7, 11) is 0. The summed E-state index contributed by atoms with van der Waals surface area (Å²) in [6, 6.07) is 3.91. The Morgan fingerprint density at radius 3 is 2.12 bits per heavy atom. The van der Waals surface area contributed by atoms with E-state index in [2.05, 4.69) is 4.89 Å². The highest BCUT2D eigenvalue weighted by atomic mass is 17.1. The predicted octanol–water partition coefficient (Wildman–Crippen LogP) is 0.665. The summed E-state index contributed by atoms with van der Waals surface area (Å²) in [6.45, 7) is 0. The van der Waals surface area contributed by atoms with Gasteiger partial charge in [-0.05, 0) is 23.3 Å². The third-order valence-electron chi connectivity index (χ3n) is 1.96. The van der Waals surface area contributed by atoms with Gasteiger partial charge in [0, 0.05) is 5.26 Å². The summed E-state index contributed by atoms with van der Waals surface area (Å²) in [4.78, 5) is 24.8. The van der Waals surface area contributed by atoms with E-state index in [1.807, 2.05) is 0 Å². The molecule has 0 aliphatic heterocycles. The van der Waals surface area contributed by atoms with Crippen molar-refractivity contribution >= 4 is 11.9 Å². The third kappa shape index (κ3) is 3.25. The topological polar surface area (TPSA) is 104 Å². The van der Waals surface area contributed by atoms with E-state index in [1.54, 1.807) is 0 Å². The first kappa shape index (κ1) is 12.0. The largest absolute Gasteiger partial charge is 0.481 e. The molecule has 0 aliphatic carbocycles. The Morgan fingerprint density at radius 2 is 1.62 bits per heavy atom. The van der Waals surface area contributed by atoms with Crippen molar-refractivity contribution in [1.82, 2.24) is 0 Å². The lowest BCUT2D eigenvalue weighted by molar-refractivity contribution is -0.208. The van der Waals surface area contributed by atoms with E-state index in [-0.39, 0.29) is 24.2 Å². The zero-order valence-electron chi connectivity index (χ0n) is 8.17. The monoisotopic (exact) mass is 225 g/mol. The lowest BCUT2D eigenvalue weighted by Crippen LogP contribution is -2.08. The average Bonchev–Trinajstić information content (AvgIpc) is 2.19. The molecule has 1 radical (unpaired) electrons. The van der Waals surface area contributed by atoms with Crippen molar-refractivity contribution in [2.24, 2.45) is 0 Å². The van der Waals surface area contributed by atoms with Crippen LogP contribution in [0, 0.1) is 0 Å². The van der Waals surface area contributed by atoms with Gasteiger partial charge in [0.25, 0.3) is 0 Å². The number of carboxylic acids is 2. The number of hydrogen-bond donors (Lipinski definition) is 2. The summed E-state index contributed by atoms with van der Waals surface area (Å²) >= 11 is 0. The molecule has 0 atom stereocenters. The molecule has 0 saturated carbocycles. The molecular formula is C10H9O6. The highest BCUT2D eigenvalue weighted by Gasteiger charge is 2.11. The van der Waals surface area contributed by atoms with Crippen LogP contribution in [-0.2, 0) is 27.7 Å². The maximum atomic E-state index is 10.5. The second-order valence-electron chi connectivity index (χ2n) is 3.15. The van der Waals surface area contributed by atoms with Gasteiger partial charge in [-0.25, -0.2) is 0 Å². The van der Waals surface area contributed by atoms with Crippen molar-refractivity contribution in [2.45, 2.75) is 12.8 Å². The minimum Gasteiger partial charge on any atom is -0.481 e. The Kier molecular flexibility index (Phi) is 3.84. The molecule has 85 valence electrons. The van der Waals surface area contributed by atoms with Crippen LogP contribution < -0.4 is 4.89 Å². The van der Waals surface area contributed by atoms with Crippen molar-refractivity contribution in [3.63, 3.8) is 0 Å². The molecule has 16 heavy (non-hydrogen) atoms. The Balaban J connectivity index is 3.05. The van der Waals surface area contributed by atoms with E-state index >= 15 is 0 Å². The Bertz CT molecular complexity index is 412. The predicted molar refractivity (Wildman–Crippen MR) is 50.4 cm³/mol. The molecule has 0 unspecified atom stereocenters. The summed E-state index contributed by atoms with van der Waals surface area (Å²) in [6.07, 6.45) is -0.637. The van der Waals surface area contributed by atoms with Gasteiger partial charge in [0.15, 0.2) is 5.75 Å². The molecular weight excluding hydrogens is 216 g/mol. The fourth-order valence-electron chi connectivity index (χ4n) is 1.32. The number of hydrogen-bond acceptors (Lipinski definition) is 3. The molecule has 1 aromatic carbocycles. The molecule has 6 heteroatoms. The number of carbonyl (C=O) groups is 2. The fraction of sp³-hybridized carbons (Fsp3) is 0.200. The Morgan fingerprint density at radius 1 is 1.06 bits per heavy atom. The lowest BCUT2D eigenvalue weighted by atomic mass is 10.0. The molecule has 0 amide bonds. The zero-order chi connectivity index (χ0) is 12.1. The Labute approximate surface area is 90.6 Å². The SMILES string of the molecule is [O]Oc1ccc(CC(=O)O)c(CC(=O)O)c1. The molecule has 1 rings (SSSR count). The van der Waals surface area contributed by atoms with E-state index in [0.29, 0.717) is 5.56 Å². The first-order valence-electron chi connectivity index (χ1n) is 4.38. The van der Waals surface area contributed by atoms with E-state index < -0.39 is 11.9 Å². The lowest BCUT2D eigenvalue weighted by Gasteiger charge is -2.06. The van der Waals surface area contributed by atoms with E-state index in [1.165, 1.54) is 18.2 Å². The van der Waals surface area contributed by atoms with Gasteiger partial charge in [-0.1, -0.05) is 6.07 Å². The number of rotatable bonds is 5. The summed E-state index contributed by atoms with van der Waals surface area (Å²) in [5, 5.41) is 27.4. The number of carboxylic acid groups (broad SMARTS) is 2. The smallest absolute Gasteiger partial charge is 0.307 e. The number of aliphatic carboxylic acids is 2. The van der Waals surface area contributed by atoms with Crippen LogP contribution in [0.15, 0.2) is 18.2 Å². The molecule has 0 aliphatic rings. The molecule has 0 spiro atoms. The van der Waals surface area contributed by atoms with Gasteiger partial charge in [-0.2, -0.15) is 0 Å². The molecule has 0 heterocycles. The maximum Gasteiger partial charge on any atom is 0.307 e. The van der Waals surface area contributed by atoms with Gasteiger partial charge in [0.1, 0.15) is 0 Å². The fourth-order valence-corrected chi connectivity index (χ4v) is 1.32. The minimum atomic E-state index is -1.10. The first-order chi connectivity index (χ1) is 7.52. The molecule has 6 nitrogen and oxygen atoms in total. The second kappa shape index (κ2) is 5.13. The molecule has 1 aromatic rings. The van der Waals surface area contributed by atoms with Crippen LogP contribution in [0.25, 0.3) is 0 Å². The standard InChI is InChI=1S/C10H9O6/c11-9(12)4-6-1-2-8(16-15)3-7(6)5-10(13)14/h1-3H,4-5H2,(H,11,12)(H,13,14). The third-order valence-corrected chi connectivity index (χ3v) is 1.96. The minimum absolute atomic E-state index is 0.0367. The van der Waals surface area contributed by atoms with E-state index in [9.17, 15) is 14.8 Å². The second-order valence-corrected chi connectivity index (χ2v) is 3.15. The van der Waals surface area contributed by atoms with Crippen molar-refractivity contribution in [2.75, 3.05) is 0 Å². The van der Waals surface area contributed by atoms with Crippen LogP contribution in [0.2, 0.25) is 0 Å². The van der Waals surface area contributed by atoms with Crippen LogP contribution in [-0.4, -0.2) is 22.2 Å². The van der Waals surface area contributed by atoms with Crippen molar-refractivity contribution in [1.29, 1.82) is 0 Å². The summed E-state index contributed by atoms with van der Waals surface area (Å²) < 4.78 is 0. The summed E-state index contributed by atoms with van der Waals surface area (Å²) in [5.74, 6) is -2.21. The van der Waals surface area contributed by atoms with Crippen molar-refractivity contribution in [3.8, 4) is 5.75 Å². The highest BCUT2D eigenvalue weighted by Crippen LogP contribution is 2.19. The van der Waals surface area contributed by atoms with E-state index in [0.717, 1.165) is 0 Å². The van der Waals surface area contributed by atoms with Crippen LogP contribution in [0.5, 0.6) is 5.75 Å². The maximum absolute atomic E-state index is 10.5. The molecule has 0 fully saturated rings. The normalized spacial score (nSPS) is 9.81. The van der Waals surface area contributed by atoms with Gasteiger partial charge in [-0.3, -0.25) is 9.59 Å². The van der Waals surface area contributed by atoms with Crippen molar-refractivity contribution in [3.05, 3.63) is 29.3 Å². The van der Waals surface area contributed by atoms with E-state index in [4.69, 9.17) is 10.2 Å². The van der Waals surface area contributed by atoms with Gasteiger partial charge in [0.2, 0.25) is 0 Å². The average molecular weight is 225 g/mol. The zero-order valence-corrected chi connectivity index (χ0v) is 8.17. The molecule has 0 bridgehead atoms. The van der Waals surface area contributed by atoms with Crippen LogP contribution in [0.3, 0.4) is 0 Å². The van der Waals surface area contributed by atoms with Gasteiger partial charge >= 0.3 is 11.9 Å². The van der Waals surface area contributed by atoms with Crippen LogP contribution in [0.1, 0.15) is 11.1 Å². The summed E-state index contributed by atoms with van der Waals surface area (Å²) in [5.41, 5.74) is 0.624. The van der Waals surface area contributed by atoms with Crippen molar-refractivity contribution < 1.29 is 29.9 Å².